The molecule has 0 saturated heterocycles. The van der Waals surface area contributed by atoms with Crippen molar-refractivity contribution in [3.05, 3.63) is 17.8 Å². The van der Waals surface area contributed by atoms with Gasteiger partial charge in [-0.05, 0) is 30.9 Å². The summed E-state index contributed by atoms with van der Waals surface area (Å²) in [5.41, 5.74) is -1.03. The smallest absolute Gasteiger partial charge is 0.435 e. The van der Waals surface area contributed by atoms with Crippen LogP contribution in [0.3, 0.4) is 0 Å². The summed E-state index contributed by atoms with van der Waals surface area (Å²) in [6.07, 6.45) is -3.11. The van der Waals surface area contributed by atoms with E-state index in [0.717, 1.165) is 6.07 Å². The normalized spacial score (nSPS) is 13.0. The molecule has 1 unspecified atom stereocenters. The van der Waals surface area contributed by atoms with E-state index in [1.807, 2.05) is 6.92 Å². The zero-order valence-corrected chi connectivity index (χ0v) is 10.9. The fourth-order valence-electron chi connectivity index (χ4n) is 1.54. The van der Waals surface area contributed by atoms with Crippen LogP contribution in [0.25, 0.3) is 0 Å². The van der Waals surface area contributed by atoms with Crippen LogP contribution >= 0.6 is 0 Å². The number of alkyl halides is 3. The molecule has 1 rings (SSSR count). The summed E-state index contributed by atoms with van der Waals surface area (Å²) in [4.78, 5) is 10.4. The molecule has 0 spiro atoms. The summed E-state index contributed by atoms with van der Waals surface area (Å²) in [7, 11) is 0. The topological polar surface area (TPSA) is 75.1 Å². The van der Waals surface area contributed by atoms with E-state index in [4.69, 9.17) is 5.11 Å². The molecule has 8 heteroatoms. The highest BCUT2D eigenvalue weighted by molar-refractivity contribution is 5.66. The molecule has 1 atom stereocenters. The third-order valence-corrected chi connectivity index (χ3v) is 2.75. The third-order valence-electron chi connectivity index (χ3n) is 2.75. The maximum atomic E-state index is 12.3. The van der Waals surface area contributed by atoms with Gasteiger partial charge in [0.05, 0.1) is 0 Å². The molecule has 0 fully saturated rings. The van der Waals surface area contributed by atoms with Crippen LogP contribution in [-0.2, 0) is 11.0 Å². The van der Waals surface area contributed by atoms with Gasteiger partial charge >= 0.3 is 12.1 Å². The molecule has 0 amide bonds. The second-order valence-electron chi connectivity index (χ2n) is 4.55. The summed E-state index contributed by atoms with van der Waals surface area (Å²) in [5, 5.41) is 17.9. The number of anilines is 1. The monoisotopic (exact) mass is 291 g/mol. The molecule has 0 aliphatic heterocycles. The third kappa shape index (κ3) is 5.85. The highest BCUT2D eigenvalue weighted by Crippen LogP contribution is 2.27. The number of carboxylic acids is 1. The highest BCUT2D eigenvalue weighted by Gasteiger charge is 2.32. The predicted octanol–water partition coefficient (Wildman–Crippen LogP) is 2.80. The zero-order chi connectivity index (χ0) is 15.2. The Hall–Kier alpha value is -1.86. The Morgan fingerprint density at radius 2 is 2.05 bits per heavy atom. The number of nitrogens with zero attached hydrogens (tertiary/aromatic N) is 2. The van der Waals surface area contributed by atoms with Crippen molar-refractivity contribution in [2.75, 3.05) is 11.9 Å². The standard InChI is InChI=1S/C12H16F3N3O2/c1-8(2-5-11(19)20)6-7-16-10-4-3-9(17-18-10)12(13,14)15/h3-4,8H,2,5-7H2,1H3,(H,16,18)(H,19,20). The molecule has 0 aliphatic carbocycles. The molecule has 2 N–H and O–H groups in total. The van der Waals surface area contributed by atoms with Crippen LogP contribution in [0.5, 0.6) is 0 Å². The molecule has 0 aliphatic rings. The first-order valence-corrected chi connectivity index (χ1v) is 6.15. The van der Waals surface area contributed by atoms with Crippen molar-refractivity contribution < 1.29 is 23.1 Å². The number of hydrogen-bond acceptors (Lipinski definition) is 4. The summed E-state index contributed by atoms with van der Waals surface area (Å²) in [5.74, 6) is -0.358. The Morgan fingerprint density at radius 1 is 1.35 bits per heavy atom. The summed E-state index contributed by atoms with van der Waals surface area (Å²) in [6, 6.07) is 2.08. The molecular weight excluding hydrogens is 275 g/mol. The molecule has 1 aromatic heterocycles. The summed E-state index contributed by atoms with van der Waals surface area (Å²) < 4.78 is 36.8. The molecule has 0 radical (unpaired) electrons. The van der Waals surface area contributed by atoms with Gasteiger partial charge in [-0.3, -0.25) is 4.79 Å². The van der Waals surface area contributed by atoms with Crippen LogP contribution in [0.15, 0.2) is 12.1 Å². The lowest BCUT2D eigenvalue weighted by Crippen LogP contribution is -2.12. The number of carbonyl (C=O) groups is 1. The van der Waals surface area contributed by atoms with Gasteiger partial charge in [0.2, 0.25) is 0 Å². The van der Waals surface area contributed by atoms with Gasteiger partial charge in [-0.15, -0.1) is 10.2 Å². The highest BCUT2D eigenvalue weighted by atomic mass is 19.4. The van der Waals surface area contributed by atoms with E-state index in [9.17, 15) is 18.0 Å². The van der Waals surface area contributed by atoms with Crippen molar-refractivity contribution in [3.8, 4) is 0 Å². The van der Waals surface area contributed by atoms with Crippen LogP contribution in [0, 0.1) is 5.92 Å². The summed E-state index contributed by atoms with van der Waals surface area (Å²) >= 11 is 0. The van der Waals surface area contributed by atoms with Crippen LogP contribution in [0.1, 0.15) is 31.9 Å². The van der Waals surface area contributed by atoms with E-state index in [2.05, 4.69) is 15.5 Å². The SMILES string of the molecule is CC(CCNc1ccc(C(F)(F)F)nn1)CCC(=O)O. The number of rotatable bonds is 7. The van der Waals surface area contributed by atoms with Crippen molar-refractivity contribution in [1.82, 2.24) is 10.2 Å². The maximum Gasteiger partial charge on any atom is 0.435 e. The number of carboxylic acid groups (broad SMARTS) is 1. The number of hydrogen-bond donors (Lipinski definition) is 2. The van der Waals surface area contributed by atoms with Crippen molar-refractivity contribution in [2.24, 2.45) is 5.92 Å². The number of nitrogens with one attached hydrogen (secondary N) is 1. The van der Waals surface area contributed by atoms with E-state index in [0.29, 0.717) is 19.4 Å². The van der Waals surface area contributed by atoms with Gasteiger partial charge < -0.3 is 10.4 Å². The molecule has 0 saturated carbocycles. The number of halogens is 3. The van der Waals surface area contributed by atoms with Crippen molar-refractivity contribution in [3.63, 3.8) is 0 Å². The van der Waals surface area contributed by atoms with Gasteiger partial charge in [0, 0.05) is 13.0 Å². The van der Waals surface area contributed by atoms with E-state index < -0.39 is 17.8 Å². The molecule has 1 aromatic rings. The van der Waals surface area contributed by atoms with Crippen molar-refractivity contribution in [1.29, 1.82) is 0 Å². The van der Waals surface area contributed by atoms with Gasteiger partial charge in [0.15, 0.2) is 5.69 Å². The summed E-state index contributed by atoms with van der Waals surface area (Å²) in [6.45, 7) is 2.42. The Labute approximate surface area is 114 Å². The van der Waals surface area contributed by atoms with Crippen LogP contribution in [-0.4, -0.2) is 27.8 Å². The largest absolute Gasteiger partial charge is 0.481 e. The fraction of sp³-hybridized carbons (Fsp3) is 0.583. The van der Waals surface area contributed by atoms with E-state index in [1.54, 1.807) is 0 Å². The Balaban J connectivity index is 2.34. The average molecular weight is 291 g/mol. The fourth-order valence-corrected chi connectivity index (χ4v) is 1.54. The van der Waals surface area contributed by atoms with Crippen molar-refractivity contribution in [2.45, 2.75) is 32.4 Å². The average Bonchev–Trinajstić information content (AvgIpc) is 2.36. The van der Waals surface area contributed by atoms with Crippen molar-refractivity contribution >= 4 is 11.8 Å². The molecular formula is C12H16F3N3O2. The first-order valence-electron chi connectivity index (χ1n) is 6.15. The number of aromatic nitrogens is 2. The predicted molar refractivity (Wildman–Crippen MR) is 66.2 cm³/mol. The van der Waals surface area contributed by atoms with Gasteiger partial charge in [-0.2, -0.15) is 13.2 Å². The van der Waals surface area contributed by atoms with E-state index in [-0.39, 0.29) is 18.2 Å². The lowest BCUT2D eigenvalue weighted by molar-refractivity contribution is -0.141. The van der Waals surface area contributed by atoms with Crippen LogP contribution < -0.4 is 5.32 Å². The zero-order valence-electron chi connectivity index (χ0n) is 10.9. The second kappa shape index (κ2) is 7.06. The lowest BCUT2D eigenvalue weighted by atomic mass is 10.0. The van der Waals surface area contributed by atoms with E-state index in [1.165, 1.54) is 6.07 Å². The van der Waals surface area contributed by atoms with E-state index >= 15 is 0 Å². The molecule has 0 aromatic carbocycles. The second-order valence-corrected chi connectivity index (χ2v) is 4.55. The van der Waals surface area contributed by atoms with Crippen LogP contribution in [0.4, 0.5) is 19.0 Å². The molecule has 5 nitrogen and oxygen atoms in total. The Kier molecular flexibility index (Phi) is 5.72. The van der Waals surface area contributed by atoms with Gasteiger partial charge in [-0.1, -0.05) is 6.92 Å². The first kappa shape index (κ1) is 16.2. The maximum absolute atomic E-state index is 12.3. The minimum absolute atomic E-state index is 0.112. The van der Waals surface area contributed by atoms with Gasteiger partial charge in [0.25, 0.3) is 0 Å². The lowest BCUT2D eigenvalue weighted by Gasteiger charge is -2.11. The van der Waals surface area contributed by atoms with Crippen LogP contribution in [0.2, 0.25) is 0 Å². The van der Waals surface area contributed by atoms with Gasteiger partial charge in [-0.25, -0.2) is 0 Å². The molecule has 20 heavy (non-hydrogen) atoms. The van der Waals surface area contributed by atoms with Gasteiger partial charge in [0.1, 0.15) is 5.82 Å². The molecule has 1 heterocycles. The Bertz CT molecular complexity index is 435. The minimum Gasteiger partial charge on any atom is -0.481 e. The molecule has 0 bridgehead atoms. The number of aliphatic carboxylic acids is 1. The minimum atomic E-state index is -4.49. The quantitative estimate of drug-likeness (QED) is 0.808. The Morgan fingerprint density at radius 3 is 2.55 bits per heavy atom. The molecule has 112 valence electrons. The first-order chi connectivity index (χ1) is 9.29.